The van der Waals surface area contributed by atoms with E-state index in [9.17, 15) is 28.1 Å². The Hall–Kier alpha value is -3.54. The summed E-state index contributed by atoms with van der Waals surface area (Å²) in [6.45, 7) is 0.890. The fourth-order valence-corrected chi connectivity index (χ4v) is 5.75. The molecule has 1 saturated carbocycles. The number of fused-ring (bicyclic) bond motifs is 1. The van der Waals surface area contributed by atoms with Gasteiger partial charge in [0.2, 0.25) is 0 Å². The smallest absolute Gasteiger partial charge is 0.423 e. The summed E-state index contributed by atoms with van der Waals surface area (Å²) in [5, 5.41) is 16.2. The minimum atomic E-state index is -4.93. The molecule has 2 aromatic rings. The quantitative estimate of drug-likeness (QED) is 0.411. The second-order valence-corrected chi connectivity index (χ2v) is 9.53. The van der Waals surface area contributed by atoms with E-state index in [0.29, 0.717) is 30.4 Å². The summed E-state index contributed by atoms with van der Waals surface area (Å²) in [5.74, 6) is 1.31. The number of ether oxygens (including phenoxy) is 2. The number of halogens is 3. The van der Waals surface area contributed by atoms with Crippen LogP contribution in [0.3, 0.4) is 0 Å². The molecule has 2 N–H and O–H groups in total. The van der Waals surface area contributed by atoms with Crippen molar-refractivity contribution < 1.29 is 32.4 Å². The lowest BCUT2D eigenvalue weighted by Gasteiger charge is -2.45. The van der Waals surface area contributed by atoms with Crippen molar-refractivity contribution in [2.24, 2.45) is 0 Å². The number of rotatable bonds is 6. The van der Waals surface area contributed by atoms with E-state index in [0.717, 1.165) is 37.1 Å². The number of urea groups is 1. The van der Waals surface area contributed by atoms with Crippen LogP contribution in [-0.2, 0) is 11.6 Å². The maximum Gasteiger partial charge on any atom is 0.423 e. The van der Waals surface area contributed by atoms with Crippen molar-refractivity contribution in [2.45, 2.75) is 49.4 Å². The first-order valence-corrected chi connectivity index (χ1v) is 11.8. The van der Waals surface area contributed by atoms with Crippen LogP contribution >= 0.6 is 0 Å². The normalized spacial score (nSPS) is 23.7. The van der Waals surface area contributed by atoms with Gasteiger partial charge in [0, 0.05) is 29.3 Å². The van der Waals surface area contributed by atoms with Crippen LogP contribution in [0.5, 0.6) is 11.5 Å². The number of hydrogen-bond acceptors (Lipinski definition) is 6. The van der Waals surface area contributed by atoms with Gasteiger partial charge in [-0.3, -0.25) is 10.1 Å². The van der Waals surface area contributed by atoms with Gasteiger partial charge in [-0.1, -0.05) is 6.07 Å². The Labute approximate surface area is 212 Å². The SMILES string of the molecule is COc1ccc([C@@]23CC[C@@H](NC(=O)Nc4ccc([N+](=O)[O-])c(C(F)(F)F)c4)C[C@@H]2N(C)CC3)cc1OC. The second-order valence-electron chi connectivity index (χ2n) is 9.53. The minimum Gasteiger partial charge on any atom is -0.493 e. The number of nitro benzene ring substituents is 1. The molecule has 0 unspecified atom stereocenters. The first kappa shape index (κ1) is 26.5. The van der Waals surface area contributed by atoms with Crippen LogP contribution < -0.4 is 20.1 Å². The summed E-state index contributed by atoms with van der Waals surface area (Å²) in [5.41, 5.74) is -1.64. The Morgan fingerprint density at radius 3 is 2.51 bits per heavy atom. The first-order valence-electron chi connectivity index (χ1n) is 11.8. The average Bonchev–Trinajstić information content (AvgIpc) is 3.19. The molecule has 0 aromatic heterocycles. The highest BCUT2D eigenvalue weighted by Gasteiger charge is 2.50. The Kier molecular flexibility index (Phi) is 7.22. The van der Waals surface area contributed by atoms with E-state index in [1.165, 1.54) is 0 Å². The minimum absolute atomic E-state index is 0.122. The molecule has 4 rings (SSSR count). The summed E-state index contributed by atoms with van der Waals surface area (Å²) >= 11 is 0. The van der Waals surface area contributed by atoms with Crippen molar-refractivity contribution in [3.8, 4) is 11.5 Å². The lowest BCUT2D eigenvalue weighted by atomic mass is 9.65. The van der Waals surface area contributed by atoms with Gasteiger partial charge < -0.3 is 25.0 Å². The van der Waals surface area contributed by atoms with Crippen LogP contribution in [0.2, 0.25) is 0 Å². The number of alkyl halides is 3. The van der Waals surface area contributed by atoms with Gasteiger partial charge in [0.05, 0.1) is 19.1 Å². The highest BCUT2D eigenvalue weighted by atomic mass is 19.4. The van der Waals surface area contributed by atoms with Crippen LogP contribution in [-0.4, -0.2) is 55.8 Å². The molecule has 0 spiro atoms. The third-order valence-electron chi connectivity index (χ3n) is 7.58. The Morgan fingerprint density at radius 1 is 1.14 bits per heavy atom. The predicted molar refractivity (Wildman–Crippen MR) is 130 cm³/mol. The molecule has 37 heavy (non-hydrogen) atoms. The van der Waals surface area contributed by atoms with E-state index < -0.39 is 28.4 Å². The number of carbonyl (C=O) groups excluding carboxylic acids is 1. The number of nitrogens with zero attached hydrogens (tertiary/aromatic N) is 2. The molecule has 2 fully saturated rings. The van der Waals surface area contributed by atoms with E-state index >= 15 is 0 Å². The van der Waals surface area contributed by atoms with Crippen molar-refractivity contribution in [2.75, 3.05) is 33.1 Å². The topological polar surface area (TPSA) is 106 Å². The molecular formula is C25H29F3N4O5. The number of methoxy groups -OCH3 is 2. The third-order valence-corrected chi connectivity index (χ3v) is 7.58. The number of benzene rings is 2. The maximum absolute atomic E-state index is 13.3. The average molecular weight is 523 g/mol. The summed E-state index contributed by atoms with van der Waals surface area (Å²) in [6.07, 6.45) is -1.84. The van der Waals surface area contributed by atoms with E-state index in [2.05, 4.69) is 21.6 Å². The van der Waals surface area contributed by atoms with Gasteiger partial charge in [-0.25, -0.2) is 4.79 Å². The van der Waals surface area contributed by atoms with Crippen molar-refractivity contribution in [1.82, 2.24) is 10.2 Å². The molecule has 9 nitrogen and oxygen atoms in total. The van der Waals surface area contributed by atoms with E-state index in [1.807, 2.05) is 19.2 Å². The fourth-order valence-electron chi connectivity index (χ4n) is 5.75. The molecule has 1 aliphatic heterocycles. The largest absolute Gasteiger partial charge is 0.493 e. The zero-order chi connectivity index (χ0) is 27.0. The summed E-state index contributed by atoms with van der Waals surface area (Å²) < 4.78 is 50.7. The molecule has 1 saturated heterocycles. The first-order chi connectivity index (χ1) is 17.5. The van der Waals surface area contributed by atoms with E-state index in [-0.39, 0.29) is 23.2 Å². The number of likely N-dealkylation sites (tertiary alicyclic amines) is 1. The van der Waals surface area contributed by atoms with Gasteiger partial charge in [0.15, 0.2) is 11.5 Å². The Bertz CT molecular complexity index is 1190. The number of amides is 2. The molecular weight excluding hydrogens is 493 g/mol. The van der Waals surface area contributed by atoms with Crippen LogP contribution in [0, 0.1) is 10.1 Å². The molecule has 1 aliphatic carbocycles. The number of carbonyl (C=O) groups is 1. The van der Waals surface area contributed by atoms with Gasteiger partial charge in [-0.05, 0) is 69.1 Å². The molecule has 2 aromatic carbocycles. The molecule has 12 heteroatoms. The van der Waals surface area contributed by atoms with Crippen molar-refractivity contribution >= 4 is 17.4 Å². The van der Waals surface area contributed by atoms with Crippen LogP contribution in [0.25, 0.3) is 0 Å². The van der Waals surface area contributed by atoms with Crippen molar-refractivity contribution in [3.05, 3.63) is 57.6 Å². The summed E-state index contributed by atoms with van der Waals surface area (Å²) in [7, 11) is 5.23. The fraction of sp³-hybridized carbons (Fsp3) is 0.480. The highest BCUT2D eigenvalue weighted by molar-refractivity contribution is 5.89. The number of anilines is 1. The number of nitrogens with one attached hydrogen (secondary N) is 2. The standard InChI is InChI=1S/C25H29F3N4O5/c1-31-11-10-24(15-4-7-20(36-2)21(12-15)37-3)9-8-17(14-22(24)31)30-23(33)29-16-5-6-19(32(34)35)18(13-16)25(26,27)28/h4-7,12-13,17,22H,8-11,14H2,1-3H3,(H2,29,30,33)/t17-,22+,24+/m1/s1. The number of likely N-dealkylation sites (N-methyl/N-ethyl adjacent to an activating group) is 1. The van der Waals surface area contributed by atoms with Crippen LogP contribution in [0.15, 0.2) is 36.4 Å². The molecule has 1 heterocycles. The molecule has 2 aliphatic rings. The number of nitro groups is 1. The summed E-state index contributed by atoms with van der Waals surface area (Å²) in [4.78, 5) is 24.8. The van der Waals surface area contributed by atoms with Gasteiger partial charge in [-0.15, -0.1) is 0 Å². The third kappa shape index (κ3) is 5.15. The van der Waals surface area contributed by atoms with Crippen LogP contribution in [0.1, 0.15) is 36.8 Å². The monoisotopic (exact) mass is 522 g/mol. The number of hydrogen-bond donors (Lipinski definition) is 2. The predicted octanol–water partition coefficient (Wildman–Crippen LogP) is 4.95. The van der Waals surface area contributed by atoms with E-state index in [4.69, 9.17) is 9.47 Å². The molecule has 200 valence electrons. The molecule has 0 radical (unpaired) electrons. The Morgan fingerprint density at radius 2 is 1.86 bits per heavy atom. The van der Waals surface area contributed by atoms with Gasteiger partial charge in [0.25, 0.3) is 5.69 Å². The lowest BCUT2D eigenvalue weighted by Crippen LogP contribution is -2.52. The van der Waals surface area contributed by atoms with Gasteiger partial charge >= 0.3 is 12.2 Å². The van der Waals surface area contributed by atoms with Gasteiger partial charge in [0.1, 0.15) is 5.56 Å². The zero-order valence-electron chi connectivity index (χ0n) is 20.7. The zero-order valence-corrected chi connectivity index (χ0v) is 20.7. The Balaban J connectivity index is 1.48. The molecule has 0 bridgehead atoms. The lowest BCUT2D eigenvalue weighted by molar-refractivity contribution is -0.388. The van der Waals surface area contributed by atoms with Crippen LogP contribution in [0.4, 0.5) is 29.3 Å². The van der Waals surface area contributed by atoms with E-state index in [1.54, 1.807) is 14.2 Å². The summed E-state index contributed by atoms with van der Waals surface area (Å²) in [6, 6.07) is 7.65. The highest BCUT2D eigenvalue weighted by Crippen LogP contribution is 2.50. The van der Waals surface area contributed by atoms with Crippen molar-refractivity contribution in [3.63, 3.8) is 0 Å². The molecule has 2 amide bonds. The maximum atomic E-state index is 13.3. The second kappa shape index (κ2) is 10.1. The van der Waals surface area contributed by atoms with Crippen molar-refractivity contribution in [1.29, 1.82) is 0 Å². The van der Waals surface area contributed by atoms with Gasteiger partial charge in [-0.2, -0.15) is 13.2 Å². The molecule has 3 atom stereocenters.